The third kappa shape index (κ3) is 4.82. The Kier molecular flexibility index (Phi) is 6.62. The van der Waals surface area contributed by atoms with E-state index in [4.69, 9.17) is 9.47 Å². The number of carbonyl (C=O) groups excluding carboxylic acids is 2. The molecule has 1 N–H and O–H groups in total. The number of amides is 2. The van der Waals surface area contributed by atoms with Crippen molar-refractivity contribution in [1.29, 1.82) is 0 Å². The van der Waals surface area contributed by atoms with E-state index in [2.05, 4.69) is 10.4 Å². The van der Waals surface area contributed by atoms with Crippen molar-refractivity contribution >= 4 is 11.8 Å². The minimum atomic E-state index is -0.144. The molecule has 8 heteroatoms. The second-order valence-corrected chi connectivity index (χ2v) is 6.90. The highest BCUT2D eigenvalue weighted by Gasteiger charge is 2.30. The van der Waals surface area contributed by atoms with Gasteiger partial charge in [0.2, 0.25) is 11.8 Å². The van der Waals surface area contributed by atoms with Crippen molar-refractivity contribution in [3.05, 3.63) is 18.0 Å². The monoisotopic (exact) mass is 364 g/mol. The Hall–Kier alpha value is -1.93. The van der Waals surface area contributed by atoms with Gasteiger partial charge in [-0.3, -0.25) is 14.3 Å². The summed E-state index contributed by atoms with van der Waals surface area (Å²) in [5, 5.41) is 7.39. The molecule has 2 aliphatic heterocycles. The van der Waals surface area contributed by atoms with Crippen LogP contribution >= 0.6 is 0 Å². The molecule has 0 saturated carbocycles. The van der Waals surface area contributed by atoms with Gasteiger partial charge in [-0.1, -0.05) is 0 Å². The fourth-order valence-electron chi connectivity index (χ4n) is 3.50. The molecule has 26 heavy (non-hydrogen) atoms. The van der Waals surface area contributed by atoms with Crippen LogP contribution in [0.2, 0.25) is 0 Å². The molecule has 144 valence electrons. The lowest BCUT2D eigenvalue weighted by Crippen LogP contribution is -2.44. The molecule has 1 saturated heterocycles. The highest BCUT2D eigenvalue weighted by Crippen LogP contribution is 2.23. The lowest BCUT2D eigenvalue weighted by Gasteiger charge is -2.33. The van der Waals surface area contributed by atoms with Crippen molar-refractivity contribution in [1.82, 2.24) is 20.0 Å². The van der Waals surface area contributed by atoms with E-state index in [1.807, 2.05) is 17.7 Å². The standard InChI is InChI=1S/C18H28N4O4/c1-2-25-13-18(24)21-11-15-3-6-20-22(15)16(12-21)9-17(23)19-10-14-4-7-26-8-5-14/h3,6,14,16H,2,4-5,7-13H2,1H3,(H,19,23)/t16-/m1/s1. The first-order valence-electron chi connectivity index (χ1n) is 9.39. The van der Waals surface area contributed by atoms with Gasteiger partial charge in [0.05, 0.1) is 24.7 Å². The molecular formula is C18H28N4O4. The normalized spacial score (nSPS) is 20.7. The number of aromatic nitrogens is 2. The largest absolute Gasteiger partial charge is 0.381 e. The van der Waals surface area contributed by atoms with Gasteiger partial charge in [-0.2, -0.15) is 5.10 Å². The average Bonchev–Trinajstić information content (AvgIpc) is 3.14. The summed E-state index contributed by atoms with van der Waals surface area (Å²) in [5.41, 5.74) is 0.948. The van der Waals surface area contributed by atoms with Gasteiger partial charge >= 0.3 is 0 Å². The van der Waals surface area contributed by atoms with Crippen molar-refractivity contribution in [2.75, 3.05) is 39.5 Å². The van der Waals surface area contributed by atoms with E-state index in [1.165, 1.54) is 0 Å². The van der Waals surface area contributed by atoms with Crippen LogP contribution in [0.15, 0.2) is 12.3 Å². The highest BCUT2D eigenvalue weighted by molar-refractivity contribution is 5.78. The first-order chi connectivity index (χ1) is 12.7. The molecule has 3 rings (SSSR count). The molecule has 8 nitrogen and oxygen atoms in total. The molecular weight excluding hydrogens is 336 g/mol. The molecule has 1 fully saturated rings. The van der Waals surface area contributed by atoms with Gasteiger partial charge in [0.1, 0.15) is 6.61 Å². The number of nitrogens with one attached hydrogen (secondary N) is 1. The van der Waals surface area contributed by atoms with Crippen LogP contribution in [0, 0.1) is 5.92 Å². The lowest BCUT2D eigenvalue weighted by atomic mass is 10.0. The van der Waals surface area contributed by atoms with Crippen LogP contribution < -0.4 is 5.32 Å². The van der Waals surface area contributed by atoms with Crippen LogP contribution in [-0.4, -0.2) is 66.0 Å². The fraction of sp³-hybridized carbons (Fsp3) is 0.722. The molecule has 3 heterocycles. The van der Waals surface area contributed by atoms with E-state index in [1.54, 1.807) is 11.1 Å². The van der Waals surface area contributed by atoms with Gasteiger partial charge in [-0.25, -0.2) is 0 Å². The summed E-state index contributed by atoms with van der Waals surface area (Å²) in [6, 6.07) is 1.75. The summed E-state index contributed by atoms with van der Waals surface area (Å²) >= 11 is 0. The quantitative estimate of drug-likeness (QED) is 0.771. The van der Waals surface area contributed by atoms with Crippen molar-refractivity contribution < 1.29 is 19.1 Å². The van der Waals surface area contributed by atoms with Crippen LogP contribution in [0.5, 0.6) is 0 Å². The number of hydrogen-bond acceptors (Lipinski definition) is 5. The molecule has 2 amide bonds. The van der Waals surface area contributed by atoms with Gasteiger partial charge < -0.3 is 19.7 Å². The number of carbonyl (C=O) groups is 2. The van der Waals surface area contributed by atoms with Gasteiger partial charge in [0, 0.05) is 39.1 Å². The van der Waals surface area contributed by atoms with Gasteiger partial charge in [-0.15, -0.1) is 0 Å². The Morgan fingerprint density at radius 3 is 2.96 bits per heavy atom. The molecule has 0 aromatic carbocycles. The van der Waals surface area contributed by atoms with Crippen LogP contribution in [-0.2, 0) is 25.6 Å². The Morgan fingerprint density at radius 2 is 2.19 bits per heavy atom. The van der Waals surface area contributed by atoms with Gasteiger partial charge in [-0.05, 0) is 31.7 Å². The van der Waals surface area contributed by atoms with Crippen LogP contribution in [0.4, 0.5) is 0 Å². The zero-order chi connectivity index (χ0) is 18.4. The second-order valence-electron chi connectivity index (χ2n) is 6.90. The van der Waals surface area contributed by atoms with E-state index in [9.17, 15) is 9.59 Å². The summed E-state index contributed by atoms with van der Waals surface area (Å²) < 4.78 is 12.5. The van der Waals surface area contributed by atoms with Crippen LogP contribution in [0.1, 0.15) is 37.9 Å². The summed E-state index contributed by atoms with van der Waals surface area (Å²) in [6.07, 6.45) is 4.02. The minimum Gasteiger partial charge on any atom is -0.381 e. The topological polar surface area (TPSA) is 85.7 Å². The summed E-state index contributed by atoms with van der Waals surface area (Å²) in [6.45, 7) is 5.67. The smallest absolute Gasteiger partial charge is 0.248 e. The van der Waals surface area contributed by atoms with Crippen LogP contribution in [0.3, 0.4) is 0 Å². The van der Waals surface area contributed by atoms with Crippen molar-refractivity contribution in [2.45, 2.75) is 38.8 Å². The van der Waals surface area contributed by atoms with Crippen LogP contribution in [0.25, 0.3) is 0 Å². The van der Waals surface area contributed by atoms with Gasteiger partial charge in [0.15, 0.2) is 0 Å². The van der Waals surface area contributed by atoms with E-state index >= 15 is 0 Å². The Morgan fingerprint density at radius 1 is 1.38 bits per heavy atom. The number of ether oxygens (including phenoxy) is 2. The Bertz CT molecular complexity index is 612. The third-order valence-electron chi connectivity index (χ3n) is 5.01. The first-order valence-corrected chi connectivity index (χ1v) is 9.39. The molecule has 0 spiro atoms. The predicted octanol–water partition coefficient (Wildman–Crippen LogP) is 0.736. The SMILES string of the molecule is CCOCC(=O)N1Cc2ccnn2[C@H](CC(=O)NCC2CCOCC2)C1. The fourth-order valence-corrected chi connectivity index (χ4v) is 3.50. The third-order valence-corrected chi connectivity index (χ3v) is 5.01. The first kappa shape index (κ1) is 18.8. The van der Waals surface area contributed by atoms with Crippen molar-refractivity contribution in [3.8, 4) is 0 Å². The maximum Gasteiger partial charge on any atom is 0.248 e. The number of nitrogens with zero attached hydrogens (tertiary/aromatic N) is 3. The van der Waals surface area contributed by atoms with E-state index < -0.39 is 0 Å². The number of fused-ring (bicyclic) bond motifs is 1. The molecule has 2 aliphatic rings. The maximum atomic E-state index is 12.4. The summed E-state index contributed by atoms with van der Waals surface area (Å²) in [4.78, 5) is 26.5. The molecule has 1 aromatic rings. The molecule has 0 bridgehead atoms. The van der Waals surface area contributed by atoms with E-state index in [0.717, 1.165) is 31.7 Å². The molecule has 1 atom stereocenters. The highest BCUT2D eigenvalue weighted by atomic mass is 16.5. The molecule has 0 aliphatic carbocycles. The average molecular weight is 364 g/mol. The predicted molar refractivity (Wildman–Crippen MR) is 94.3 cm³/mol. The summed E-state index contributed by atoms with van der Waals surface area (Å²) in [7, 11) is 0. The number of rotatable bonds is 7. The van der Waals surface area contributed by atoms with Gasteiger partial charge in [0.25, 0.3) is 0 Å². The Labute approximate surface area is 153 Å². The van der Waals surface area contributed by atoms with Crippen molar-refractivity contribution in [2.24, 2.45) is 5.92 Å². The zero-order valence-electron chi connectivity index (χ0n) is 15.4. The second kappa shape index (κ2) is 9.14. The number of hydrogen-bond donors (Lipinski definition) is 1. The maximum absolute atomic E-state index is 12.4. The lowest BCUT2D eigenvalue weighted by molar-refractivity contribution is -0.138. The molecule has 0 radical (unpaired) electrons. The van der Waals surface area contributed by atoms with E-state index in [-0.39, 0.29) is 24.5 Å². The molecule has 1 aromatic heterocycles. The minimum absolute atomic E-state index is 0.00190. The van der Waals surface area contributed by atoms with Crippen molar-refractivity contribution in [3.63, 3.8) is 0 Å². The molecule has 0 unspecified atom stereocenters. The zero-order valence-corrected chi connectivity index (χ0v) is 15.4. The Balaban J connectivity index is 1.55. The summed E-state index contributed by atoms with van der Waals surface area (Å²) in [5.74, 6) is 0.442. The van der Waals surface area contributed by atoms with E-state index in [0.29, 0.717) is 38.6 Å².